The summed E-state index contributed by atoms with van der Waals surface area (Å²) in [6, 6.07) is 6.94. The standard InChI is InChI=1S/C18H31NO/c1-6-8-15(19)10-7-9-14-11-12-17(20-5)16(13-14)18(2,3)4/h11-13,15H,6-10,19H2,1-5H3. The molecular formula is C18H31NO. The molecule has 0 aromatic heterocycles. The van der Waals surface area contributed by atoms with Crippen molar-refractivity contribution in [1.82, 2.24) is 0 Å². The smallest absolute Gasteiger partial charge is 0.122 e. The Morgan fingerprint density at radius 1 is 1.20 bits per heavy atom. The van der Waals surface area contributed by atoms with Crippen molar-refractivity contribution in [3.05, 3.63) is 29.3 Å². The fourth-order valence-corrected chi connectivity index (χ4v) is 2.58. The summed E-state index contributed by atoms with van der Waals surface area (Å²) in [5.74, 6) is 0.990. The number of aryl methyl sites for hydroxylation is 1. The molecule has 0 radical (unpaired) electrons. The van der Waals surface area contributed by atoms with E-state index in [9.17, 15) is 0 Å². The molecule has 0 spiro atoms. The van der Waals surface area contributed by atoms with Gasteiger partial charge in [0.25, 0.3) is 0 Å². The molecule has 0 heterocycles. The van der Waals surface area contributed by atoms with E-state index < -0.39 is 0 Å². The van der Waals surface area contributed by atoms with Crippen LogP contribution in [0.1, 0.15) is 64.5 Å². The molecule has 1 aromatic carbocycles. The first-order valence-electron chi connectivity index (χ1n) is 7.81. The molecule has 0 amide bonds. The van der Waals surface area contributed by atoms with Gasteiger partial charge in [-0.1, -0.05) is 46.2 Å². The van der Waals surface area contributed by atoms with Crippen molar-refractivity contribution in [2.75, 3.05) is 7.11 Å². The molecule has 0 aliphatic carbocycles. The van der Waals surface area contributed by atoms with Gasteiger partial charge in [-0.05, 0) is 48.3 Å². The topological polar surface area (TPSA) is 35.2 Å². The molecule has 0 saturated heterocycles. The zero-order chi connectivity index (χ0) is 15.2. The Kier molecular flexibility index (Phi) is 6.54. The lowest BCUT2D eigenvalue weighted by Crippen LogP contribution is -2.19. The third-order valence-electron chi connectivity index (χ3n) is 3.77. The average molecular weight is 277 g/mol. The summed E-state index contributed by atoms with van der Waals surface area (Å²) in [7, 11) is 1.74. The molecule has 1 unspecified atom stereocenters. The molecule has 1 atom stereocenters. The second-order valence-electron chi connectivity index (χ2n) is 6.73. The van der Waals surface area contributed by atoms with Gasteiger partial charge in [0.1, 0.15) is 5.75 Å². The number of benzene rings is 1. The molecule has 0 aliphatic heterocycles. The monoisotopic (exact) mass is 277 g/mol. The van der Waals surface area contributed by atoms with E-state index in [4.69, 9.17) is 10.5 Å². The van der Waals surface area contributed by atoms with Crippen LogP contribution >= 0.6 is 0 Å². The van der Waals surface area contributed by atoms with E-state index >= 15 is 0 Å². The Hall–Kier alpha value is -1.02. The Labute approximate surface area is 124 Å². The van der Waals surface area contributed by atoms with E-state index in [0.29, 0.717) is 6.04 Å². The molecule has 20 heavy (non-hydrogen) atoms. The quantitative estimate of drug-likeness (QED) is 0.799. The van der Waals surface area contributed by atoms with Gasteiger partial charge in [-0.2, -0.15) is 0 Å². The van der Waals surface area contributed by atoms with Crippen molar-refractivity contribution in [3.8, 4) is 5.75 Å². The predicted molar refractivity (Wildman–Crippen MR) is 87.5 cm³/mol. The van der Waals surface area contributed by atoms with E-state index in [1.807, 2.05) is 0 Å². The predicted octanol–water partition coefficient (Wildman–Crippen LogP) is 4.44. The number of nitrogens with two attached hydrogens (primary N) is 1. The summed E-state index contributed by atoms with van der Waals surface area (Å²) in [6.07, 6.45) is 5.69. The van der Waals surface area contributed by atoms with Crippen molar-refractivity contribution in [3.63, 3.8) is 0 Å². The molecule has 0 fully saturated rings. The molecule has 2 nitrogen and oxygen atoms in total. The van der Waals surface area contributed by atoms with Crippen molar-refractivity contribution >= 4 is 0 Å². The van der Waals surface area contributed by atoms with E-state index in [2.05, 4.69) is 45.9 Å². The molecule has 0 saturated carbocycles. The lowest BCUT2D eigenvalue weighted by molar-refractivity contribution is 0.397. The number of methoxy groups -OCH3 is 1. The van der Waals surface area contributed by atoms with Crippen molar-refractivity contribution in [1.29, 1.82) is 0 Å². The maximum atomic E-state index is 6.07. The Bertz CT molecular complexity index is 406. The van der Waals surface area contributed by atoms with Gasteiger partial charge in [-0.25, -0.2) is 0 Å². The summed E-state index contributed by atoms with van der Waals surface area (Å²) in [5.41, 5.74) is 8.86. The maximum Gasteiger partial charge on any atom is 0.122 e. The number of hydrogen-bond donors (Lipinski definition) is 1. The van der Waals surface area contributed by atoms with Crippen LogP contribution < -0.4 is 10.5 Å². The Morgan fingerprint density at radius 3 is 2.45 bits per heavy atom. The minimum absolute atomic E-state index is 0.111. The third kappa shape index (κ3) is 5.16. The minimum atomic E-state index is 0.111. The van der Waals surface area contributed by atoms with Gasteiger partial charge in [0.05, 0.1) is 7.11 Å². The lowest BCUT2D eigenvalue weighted by Gasteiger charge is -2.23. The SMILES string of the molecule is CCCC(N)CCCc1ccc(OC)c(C(C)(C)C)c1. The number of rotatable bonds is 7. The second-order valence-corrected chi connectivity index (χ2v) is 6.73. The normalized spacial score (nSPS) is 13.3. The zero-order valence-corrected chi connectivity index (χ0v) is 13.8. The second kappa shape index (κ2) is 7.68. The summed E-state index contributed by atoms with van der Waals surface area (Å²) < 4.78 is 5.48. The first-order valence-corrected chi connectivity index (χ1v) is 7.81. The van der Waals surface area contributed by atoms with Crippen LogP contribution in [0.3, 0.4) is 0 Å². The molecule has 0 bridgehead atoms. The van der Waals surface area contributed by atoms with E-state index in [1.54, 1.807) is 7.11 Å². The number of hydrogen-bond acceptors (Lipinski definition) is 2. The summed E-state index contributed by atoms with van der Waals surface area (Å²) in [6.45, 7) is 8.88. The van der Waals surface area contributed by atoms with Crippen molar-refractivity contribution in [2.45, 2.75) is 71.3 Å². The largest absolute Gasteiger partial charge is 0.496 e. The summed E-state index contributed by atoms with van der Waals surface area (Å²) in [5, 5.41) is 0. The Balaban J connectivity index is 2.68. The highest BCUT2D eigenvalue weighted by Crippen LogP contribution is 2.32. The van der Waals surface area contributed by atoms with Crippen molar-refractivity contribution in [2.24, 2.45) is 5.73 Å². The first-order chi connectivity index (χ1) is 9.38. The third-order valence-corrected chi connectivity index (χ3v) is 3.77. The number of ether oxygens (including phenoxy) is 1. The minimum Gasteiger partial charge on any atom is -0.496 e. The molecule has 114 valence electrons. The lowest BCUT2D eigenvalue weighted by atomic mass is 9.85. The van der Waals surface area contributed by atoms with Gasteiger partial charge < -0.3 is 10.5 Å². The van der Waals surface area contributed by atoms with Crippen LogP contribution in [-0.2, 0) is 11.8 Å². The van der Waals surface area contributed by atoms with Crippen LogP contribution in [0.5, 0.6) is 5.75 Å². The van der Waals surface area contributed by atoms with Crippen LogP contribution in [-0.4, -0.2) is 13.2 Å². The highest BCUT2D eigenvalue weighted by atomic mass is 16.5. The highest BCUT2D eigenvalue weighted by Gasteiger charge is 2.19. The molecule has 2 heteroatoms. The van der Waals surface area contributed by atoms with Gasteiger partial charge >= 0.3 is 0 Å². The van der Waals surface area contributed by atoms with Gasteiger partial charge in [0.15, 0.2) is 0 Å². The summed E-state index contributed by atoms with van der Waals surface area (Å²) >= 11 is 0. The van der Waals surface area contributed by atoms with Gasteiger partial charge in [-0.3, -0.25) is 0 Å². The maximum absolute atomic E-state index is 6.07. The van der Waals surface area contributed by atoms with Gasteiger partial charge in [0.2, 0.25) is 0 Å². The summed E-state index contributed by atoms with van der Waals surface area (Å²) in [4.78, 5) is 0. The zero-order valence-electron chi connectivity index (χ0n) is 13.8. The highest BCUT2D eigenvalue weighted by molar-refractivity contribution is 5.41. The molecule has 0 aliphatic rings. The van der Waals surface area contributed by atoms with E-state index in [-0.39, 0.29) is 5.41 Å². The van der Waals surface area contributed by atoms with Crippen LogP contribution in [0, 0.1) is 0 Å². The Morgan fingerprint density at radius 2 is 1.90 bits per heavy atom. The molecular weight excluding hydrogens is 246 g/mol. The van der Waals surface area contributed by atoms with Gasteiger partial charge in [-0.15, -0.1) is 0 Å². The molecule has 2 N–H and O–H groups in total. The molecule has 1 aromatic rings. The first kappa shape index (κ1) is 17.0. The van der Waals surface area contributed by atoms with Crippen LogP contribution in [0.4, 0.5) is 0 Å². The van der Waals surface area contributed by atoms with Gasteiger partial charge in [0, 0.05) is 6.04 Å². The van der Waals surface area contributed by atoms with E-state index in [0.717, 1.165) is 31.4 Å². The fraction of sp³-hybridized carbons (Fsp3) is 0.667. The van der Waals surface area contributed by atoms with Crippen LogP contribution in [0.2, 0.25) is 0 Å². The van der Waals surface area contributed by atoms with Crippen LogP contribution in [0.25, 0.3) is 0 Å². The van der Waals surface area contributed by atoms with Crippen molar-refractivity contribution < 1.29 is 4.74 Å². The molecule has 1 rings (SSSR count). The average Bonchev–Trinajstić information content (AvgIpc) is 2.38. The van der Waals surface area contributed by atoms with Crippen LogP contribution in [0.15, 0.2) is 18.2 Å². The van der Waals surface area contributed by atoms with E-state index in [1.165, 1.54) is 17.5 Å². The fourth-order valence-electron chi connectivity index (χ4n) is 2.58.